The van der Waals surface area contributed by atoms with Crippen LogP contribution < -0.4 is 5.73 Å². The molecule has 0 spiro atoms. The summed E-state index contributed by atoms with van der Waals surface area (Å²) in [5, 5.41) is 1.23. The number of hydrogen-bond acceptors (Lipinski definition) is 3. The molecule has 19 heavy (non-hydrogen) atoms. The van der Waals surface area contributed by atoms with Crippen LogP contribution >= 0.6 is 0 Å². The Labute approximate surface area is 114 Å². The summed E-state index contributed by atoms with van der Waals surface area (Å²) in [6.07, 6.45) is 2.66. The Morgan fingerprint density at radius 3 is 2.79 bits per heavy atom. The normalized spacial score (nSPS) is 17.3. The Hall–Kier alpha value is -1.32. The van der Waals surface area contributed by atoms with Gasteiger partial charge in [-0.1, -0.05) is 18.2 Å². The summed E-state index contributed by atoms with van der Waals surface area (Å²) in [7, 11) is 2.18. The van der Waals surface area contributed by atoms with E-state index in [4.69, 9.17) is 10.2 Å². The monoisotopic (exact) mass is 258 g/mol. The standard InChI is InChI=1S/C16H22N2O/c1-11-14(13-5-3-4-6-16(13)19-11)10-18(2)15(9-17)12-7-8-12/h3-6,12,15H,7-10,17H2,1-2H3. The molecule has 2 N–H and O–H groups in total. The van der Waals surface area contributed by atoms with Gasteiger partial charge in [0.15, 0.2) is 0 Å². The van der Waals surface area contributed by atoms with E-state index in [1.54, 1.807) is 0 Å². The van der Waals surface area contributed by atoms with Crippen molar-refractivity contribution in [2.24, 2.45) is 11.7 Å². The third-order valence-electron chi connectivity index (χ3n) is 4.28. The molecule has 1 heterocycles. The van der Waals surface area contributed by atoms with Crippen LogP contribution in [-0.4, -0.2) is 24.5 Å². The lowest BCUT2D eigenvalue weighted by molar-refractivity contribution is 0.215. The first-order valence-electron chi connectivity index (χ1n) is 7.08. The molecular weight excluding hydrogens is 236 g/mol. The minimum absolute atomic E-state index is 0.507. The molecule has 1 aliphatic carbocycles. The van der Waals surface area contributed by atoms with Crippen molar-refractivity contribution in [1.29, 1.82) is 0 Å². The SMILES string of the molecule is Cc1oc2ccccc2c1CN(C)C(CN)C1CC1. The Kier molecular flexibility index (Phi) is 3.33. The van der Waals surface area contributed by atoms with E-state index in [9.17, 15) is 0 Å². The lowest BCUT2D eigenvalue weighted by atomic mass is 10.1. The van der Waals surface area contributed by atoms with E-state index in [2.05, 4.69) is 31.0 Å². The van der Waals surface area contributed by atoms with Gasteiger partial charge in [-0.2, -0.15) is 0 Å². The fraction of sp³-hybridized carbons (Fsp3) is 0.500. The van der Waals surface area contributed by atoms with Gasteiger partial charge in [-0.05, 0) is 38.8 Å². The number of rotatable bonds is 5. The van der Waals surface area contributed by atoms with E-state index in [1.165, 1.54) is 23.8 Å². The molecule has 1 aliphatic rings. The third kappa shape index (κ3) is 2.40. The highest BCUT2D eigenvalue weighted by Gasteiger charge is 2.33. The summed E-state index contributed by atoms with van der Waals surface area (Å²) >= 11 is 0. The van der Waals surface area contributed by atoms with Crippen molar-refractivity contribution in [3.8, 4) is 0 Å². The van der Waals surface area contributed by atoms with E-state index in [-0.39, 0.29) is 0 Å². The van der Waals surface area contributed by atoms with E-state index in [0.29, 0.717) is 6.04 Å². The molecule has 0 bridgehead atoms. The molecule has 0 radical (unpaired) electrons. The highest BCUT2D eigenvalue weighted by molar-refractivity contribution is 5.82. The largest absolute Gasteiger partial charge is 0.461 e. The number of para-hydroxylation sites is 1. The third-order valence-corrected chi connectivity index (χ3v) is 4.28. The van der Waals surface area contributed by atoms with Gasteiger partial charge >= 0.3 is 0 Å². The fourth-order valence-electron chi connectivity index (χ4n) is 3.00. The molecule has 1 aromatic heterocycles. The van der Waals surface area contributed by atoms with Crippen molar-refractivity contribution in [1.82, 2.24) is 4.90 Å². The Morgan fingerprint density at radius 1 is 1.37 bits per heavy atom. The van der Waals surface area contributed by atoms with Crippen LogP contribution in [0.5, 0.6) is 0 Å². The molecule has 0 aliphatic heterocycles. The zero-order valence-corrected chi connectivity index (χ0v) is 11.7. The van der Waals surface area contributed by atoms with Crippen LogP contribution in [0.3, 0.4) is 0 Å². The topological polar surface area (TPSA) is 42.4 Å². The predicted octanol–water partition coefficient (Wildman–Crippen LogP) is 2.91. The van der Waals surface area contributed by atoms with Crippen LogP contribution in [0.4, 0.5) is 0 Å². The number of aryl methyl sites for hydroxylation is 1. The lowest BCUT2D eigenvalue weighted by Crippen LogP contribution is -2.39. The Balaban J connectivity index is 1.86. The summed E-state index contributed by atoms with van der Waals surface area (Å²) in [5.74, 6) is 1.83. The first-order chi connectivity index (χ1) is 9.20. The molecular formula is C16H22N2O. The van der Waals surface area contributed by atoms with Gasteiger partial charge in [0, 0.05) is 30.1 Å². The number of fused-ring (bicyclic) bond motifs is 1. The first kappa shape index (κ1) is 12.7. The highest BCUT2D eigenvalue weighted by atomic mass is 16.3. The maximum atomic E-state index is 5.93. The molecule has 1 atom stereocenters. The summed E-state index contributed by atoms with van der Waals surface area (Å²) < 4.78 is 5.83. The molecule has 2 aromatic rings. The molecule has 1 saturated carbocycles. The van der Waals surface area contributed by atoms with Gasteiger partial charge in [0.2, 0.25) is 0 Å². The van der Waals surface area contributed by atoms with Crippen LogP contribution in [0.15, 0.2) is 28.7 Å². The lowest BCUT2D eigenvalue weighted by Gasteiger charge is -2.26. The van der Waals surface area contributed by atoms with E-state index >= 15 is 0 Å². The molecule has 1 unspecified atom stereocenters. The summed E-state index contributed by atoms with van der Waals surface area (Å²) in [6, 6.07) is 8.78. The zero-order valence-electron chi connectivity index (χ0n) is 11.7. The maximum Gasteiger partial charge on any atom is 0.134 e. The Bertz CT molecular complexity index is 571. The highest BCUT2D eigenvalue weighted by Crippen LogP contribution is 2.35. The summed E-state index contributed by atoms with van der Waals surface area (Å²) in [6.45, 7) is 3.72. The van der Waals surface area contributed by atoms with E-state index < -0.39 is 0 Å². The van der Waals surface area contributed by atoms with Crippen molar-refractivity contribution >= 4 is 11.0 Å². The van der Waals surface area contributed by atoms with Gasteiger partial charge in [0.05, 0.1) is 0 Å². The molecule has 1 aromatic carbocycles. The number of likely N-dealkylation sites (N-methyl/N-ethyl adjacent to an activating group) is 1. The van der Waals surface area contributed by atoms with Crippen LogP contribution in [-0.2, 0) is 6.54 Å². The minimum Gasteiger partial charge on any atom is -0.461 e. The van der Waals surface area contributed by atoms with Crippen LogP contribution in [0.1, 0.15) is 24.2 Å². The predicted molar refractivity (Wildman–Crippen MR) is 78.0 cm³/mol. The first-order valence-corrected chi connectivity index (χ1v) is 7.08. The van der Waals surface area contributed by atoms with Crippen LogP contribution in [0.25, 0.3) is 11.0 Å². The van der Waals surface area contributed by atoms with Crippen LogP contribution in [0, 0.1) is 12.8 Å². The molecule has 0 amide bonds. The fourth-order valence-corrected chi connectivity index (χ4v) is 3.00. The average Bonchev–Trinajstić information content (AvgIpc) is 3.17. The summed E-state index contributed by atoms with van der Waals surface area (Å²) in [5.41, 5.74) is 8.22. The maximum absolute atomic E-state index is 5.93. The molecule has 102 valence electrons. The van der Waals surface area contributed by atoms with Gasteiger partial charge in [-0.3, -0.25) is 4.90 Å². The van der Waals surface area contributed by atoms with Crippen LogP contribution in [0.2, 0.25) is 0 Å². The van der Waals surface area contributed by atoms with E-state index in [1.807, 2.05) is 12.1 Å². The van der Waals surface area contributed by atoms with Crippen molar-refractivity contribution in [2.75, 3.05) is 13.6 Å². The number of benzene rings is 1. The van der Waals surface area contributed by atoms with Crippen molar-refractivity contribution < 1.29 is 4.42 Å². The zero-order chi connectivity index (χ0) is 13.4. The van der Waals surface area contributed by atoms with Crippen molar-refractivity contribution in [3.63, 3.8) is 0 Å². The number of nitrogens with two attached hydrogens (primary N) is 1. The molecule has 0 saturated heterocycles. The Morgan fingerprint density at radius 2 is 2.11 bits per heavy atom. The van der Waals surface area contributed by atoms with Gasteiger partial charge in [0.1, 0.15) is 11.3 Å². The van der Waals surface area contributed by atoms with Gasteiger partial charge < -0.3 is 10.2 Å². The van der Waals surface area contributed by atoms with E-state index in [0.717, 1.165) is 30.4 Å². The quantitative estimate of drug-likeness (QED) is 0.896. The number of furan rings is 1. The molecule has 1 fully saturated rings. The molecule has 3 heteroatoms. The second-order valence-electron chi connectivity index (χ2n) is 5.69. The average molecular weight is 258 g/mol. The second-order valence-corrected chi connectivity index (χ2v) is 5.69. The second kappa shape index (κ2) is 4.99. The molecule has 3 nitrogen and oxygen atoms in total. The smallest absolute Gasteiger partial charge is 0.134 e. The molecule has 3 rings (SSSR count). The number of hydrogen-bond donors (Lipinski definition) is 1. The van der Waals surface area contributed by atoms with Gasteiger partial charge in [-0.25, -0.2) is 0 Å². The number of nitrogens with zero attached hydrogens (tertiary/aromatic N) is 1. The van der Waals surface area contributed by atoms with Gasteiger partial charge in [0.25, 0.3) is 0 Å². The van der Waals surface area contributed by atoms with Crippen molar-refractivity contribution in [3.05, 3.63) is 35.6 Å². The van der Waals surface area contributed by atoms with Gasteiger partial charge in [-0.15, -0.1) is 0 Å². The minimum atomic E-state index is 0.507. The van der Waals surface area contributed by atoms with Crippen molar-refractivity contribution in [2.45, 2.75) is 32.4 Å². The summed E-state index contributed by atoms with van der Waals surface area (Å²) in [4.78, 5) is 2.39.